The molecule has 0 radical (unpaired) electrons. The standard InChI is InChI=1S/C12H16N4/c1-2-11(13)12-7-14-9-16(12)8-10-5-3-4-6-15-10/h3-7,9,11H,2,8,13H2,1H3/t11-/m1/s1. The van der Waals surface area contributed by atoms with Crippen molar-refractivity contribution in [2.75, 3.05) is 0 Å². The van der Waals surface area contributed by atoms with Crippen LogP contribution >= 0.6 is 0 Å². The first kappa shape index (κ1) is 10.8. The molecule has 0 unspecified atom stereocenters. The molecule has 2 rings (SSSR count). The van der Waals surface area contributed by atoms with Gasteiger partial charge in [-0.15, -0.1) is 0 Å². The molecular formula is C12H16N4. The molecule has 0 amide bonds. The van der Waals surface area contributed by atoms with Gasteiger partial charge in [-0.1, -0.05) is 13.0 Å². The van der Waals surface area contributed by atoms with Crippen LogP contribution in [0.25, 0.3) is 0 Å². The molecule has 0 fully saturated rings. The first-order chi connectivity index (χ1) is 7.81. The van der Waals surface area contributed by atoms with Gasteiger partial charge in [0.25, 0.3) is 0 Å². The van der Waals surface area contributed by atoms with E-state index in [-0.39, 0.29) is 6.04 Å². The maximum atomic E-state index is 6.01. The number of pyridine rings is 1. The van der Waals surface area contributed by atoms with E-state index in [0.717, 1.165) is 24.4 Å². The Kier molecular flexibility index (Phi) is 3.31. The van der Waals surface area contributed by atoms with Crippen molar-refractivity contribution < 1.29 is 0 Å². The molecule has 4 nitrogen and oxygen atoms in total. The lowest BCUT2D eigenvalue weighted by atomic mass is 10.2. The Balaban J connectivity index is 2.19. The van der Waals surface area contributed by atoms with Gasteiger partial charge in [0.1, 0.15) is 0 Å². The number of nitrogens with two attached hydrogens (primary N) is 1. The highest BCUT2D eigenvalue weighted by Crippen LogP contribution is 2.13. The Hall–Kier alpha value is -1.68. The van der Waals surface area contributed by atoms with E-state index < -0.39 is 0 Å². The molecule has 0 spiro atoms. The Bertz CT molecular complexity index is 435. The Morgan fingerprint density at radius 3 is 3.00 bits per heavy atom. The maximum absolute atomic E-state index is 6.01. The fourth-order valence-corrected chi connectivity index (χ4v) is 1.65. The summed E-state index contributed by atoms with van der Waals surface area (Å²) in [6.45, 7) is 2.80. The molecule has 0 saturated carbocycles. The second-order valence-electron chi connectivity index (χ2n) is 3.78. The third-order valence-electron chi connectivity index (χ3n) is 2.62. The third kappa shape index (κ3) is 2.28. The summed E-state index contributed by atoms with van der Waals surface area (Å²) in [5.41, 5.74) is 8.09. The number of nitrogens with zero attached hydrogens (tertiary/aromatic N) is 3. The van der Waals surface area contributed by atoms with Gasteiger partial charge >= 0.3 is 0 Å². The fourth-order valence-electron chi connectivity index (χ4n) is 1.65. The number of imidazole rings is 1. The van der Waals surface area contributed by atoms with Crippen LogP contribution in [0, 0.1) is 0 Å². The minimum atomic E-state index is 0.0474. The van der Waals surface area contributed by atoms with Gasteiger partial charge in [-0.25, -0.2) is 4.98 Å². The molecule has 2 aromatic heterocycles. The summed E-state index contributed by atoms with van der Waals surface area (Å²) in [4.78, 5) is 8.43. The van der Waals surface area contributed by atoms with Crippen molar-refractivity contribution in [3.8, 4) is 0 Å². The monoisotopic (exact) mass is 216 g/mol. The molecule has 4 heteroatoms. The molecule has 16 heavy (non-hydrogen) atoms. The summed E-state index contributed by atoms with van der Waals surface area (Å²) in [5.74, 6) is 0. The summed E-state index contributed by atoms with van der Waals surface area (Å²) in [5, 5.41) is 0. The summed E-state index contributed by atoms with van der Waals surface area (Å²) in [6, 6.07) is 5.95. The van der Waals surface area contributed by atoms with Crippen molar-refractivity contribution in [3.63, 3.8) is 0 Å². The van der Waals surface area contributed by atoms with Crippen molar-refractivity contribution in [1.82, 2.24) is 14.5 Å². The summed E-state index contributed by atoms with van der Waals surface area (Å²) >= 11 is 0. The first-order valence-electron chi connectivity index (χ1n) is 5.46. The highest BCUT2D eigenvalue weighted by molar-refractivity contribution is 5.09. The molecule has 0 aromatic carbocycles. The maximum Gasteiger partial charge on any atom is 0.0952 e. The second-order valence-corrected chi connectivity index (χ2v) is 3.78. The molecule has 0 bridgehead atoms. The van der Waals surface area contributed by atoms with E-state index >= 15 is 0 Å². The van der Waals surface area contributed by atoms with Gasteiger partial charge in [0.15, 0.2) is 0 Å². The molecule has 0 aliphatic carbocycles. The van der Waals surface area contributed by atoms with E-state index in [0.29, 0.717) is 0 Å². The molecule has 2 N–H and O–H groups in total. The lowest BCUT2D eigenvalue weighted by molar-refractivity contribution is 0.614. The minimum absolute atomic E-state index is 0.0474. The van der Waals surface area contributed by atoms with Crippen LogP contribution in [0.2, 0.25) is 0 Å². The van der Waals surface area contributed by atoms with Crippen LogP contribution in [0.1, 0.15) is 30.8 Å². The van der Waals surface area contributed by atoms with Gasteiger partial charge < -0.3 is 10.3 Å². The Morgan fingerprint density at radius 2 is 2.31 bits per heavy atom. The lowest BCUT2D eigenvalue weighted by Gasteiger charge is -2.12. The summed E-state index contributed by atoms with van der Waals surface area (Å²) in [7, 11) is 0. The average Bonchev–Trinajstić information content (AvgIpc) is 2.77. The molecule has 84 valence electrons. The van der Waals surface area contributed by atoms with Crippen LogP contribution in [0.4, 0.5) is 0 Å². The van der Waals surface area contributed by atoms with Gasteiger partial charge in [-0.2, -0.15) is 0 Å². The topological polar surface area (TPSA) is 56.7 Å². The fraction of sp³-hybridized carbons (Fsp3) is 0.333. The van der Waals surface area contributed by atoms with Crippen LogP contribution in [-0.2, 0) is 6.54 Å². The predicted octanol–water partition coefficient (Wildman–Crippen LogP) is 1.74. The van der Waals surface area contributed by atoms with E-state index in [1.54, 1.807) is 12.5 Å². The normalized spacial score (nSPS) is 12.6. The predicted molar refractivity (Wildman–Crippen MR) is 62.8 cm³/mol. The largest absolute Gasteiger partial charge is 0.327 e. The van der Waals surface area contributed by atoms with Crippen LogP contribution in [0.15, 0.2) is 36.9 Å². The van der Waals surface area contributed by atoms with Gasteiger partial charge in [0.2, 0.25) is 0 Å². The number of rotatable bonds is 4. The molecular weight excluding hydrogens is 200 g/mol. The van der Waals surface area contributed by atoms with Crippen LogP contribution in [0.3, 0.4) is 0 Å². The van der Waals surface area contributed by atoms with Crippen molar-refractivity contribution in [2.24, 2.45) is 5.73 Å². The third-order valence-corrected chi connectivity index (χ3v) is 2.62. The second kappa shape index (κ2) is 4.90. The van der Waals surface area contributed by atoms with Crippen LogP contribution in [-0.4, -0.2) is 14.5 Å². The molecule has 2 heterocycles. The van der Waals surface area contributed by atoms with Crippen molar-refractivity contribution in [1.29, 1.82) is 0 Å². The van der Waals surface area contributed by atoms with E-state index in [9.17, 15) is 0 Å². The van der Waals surface area contributed by atoms with E-state index in [1.807, 2.05) is 24.4 Å². The minimum Gasteiger partial charge on any atom is -0.327 e. The lowest BCUT2D eigenvalue weighted by Crippen LogP contribution is -2.15. The molecule has 0 aliphatic rings. The quantitative estimate of drug-likeness (QED) is 0.846. The van der Waals surface area contributed by atoms with E-state index in [1.165, 1.54) is 0 Å². The van der Waals surface area contributed by atoms with E-state index in [2.05, 4.69) is 21.5 Å². The summed E-state index contributed by atoms with van der Waals surface area (Å²) < 4.78 is 2.05. The highest BCUT2D eigenvalue weighted by atomic mass is 15.1. The highest BCUT2D eigenvalue weighted by Gasteiger charge is 2.09. The van der Waals surface area contributed by atoms with Crippen molar-refractivity contribution >= 4 is 0 Å². The molecule has 1 atom stereocenters. The Morgan fingerprint density at radius 1 is 1.44 bits per heavy atom. The van der Waals surface area contributed by atoms with Crippen LogP contribution in [0.5, 0.6) is 0 Å². The zero-order valence-electron chi connectivity index (χ0n) is 9.37. The van der Waals surface area contributed by atoms with Crippen molar-refractivity contribution in [3.05, 3.63) is 48.3 Å². The SMILES string of the molecule is CC[C@@H](N)c1cncn1Cc1ccccn1. The summed E-state index contributed by atoms with van der Waals surface area (Å²) in [6.07, 6.45) is 6.34. The smallest absolute Gasteiger partial charge is 0.0952 e. The first-order valence-corrected chi connectivity index (χ1v) is 5.46. The number of hydrogen-bond donors (Lipinski definition) is 1. The zero-order chi connectivity index (χ0) is 11.4. The molecule has 2 aromatic rings. The van der Waals surface area contributed by atoms with E-state index in [4.69, 9.17) is 5.73 Å². The van der Waals surface area contributed by atoms with Gasteiger partial charge in [0.05, 0.1) is 24.3 Å². The van der Waals surface area contributed by atoms with Crippen LogP contribution < -0.4 is 5.73 Å². The molecule has 0 aliphatic heterocycles. The van der Waals surface area contributed by atoms with Crippen molar-refractivity contribution in [2.45, 2.75) is 25.9 Å². The number of hydrogen-bond acceptors (Lipinski definition) is 3. The number of aromatic nitrogens is 3. The average molecular weight is 216 g/mol. The van der Waals surface area contributed by atoms with Gasteiger partial charge in [-0.05, 0) is 18.6 Å². The zero-order valence-corrected chi connectivity index (χ0v) is 9.37. The van der Waals surface area contributed by atoms with Gasteiger partial charge in [0, 0.05) is 18.4 Å². The Labute approximate surface area is 95.1 Å². The van der Waals surface area contributed by atoms with Gasteiger partial charge in [-0.3, -0.25) is 4.98 Å². The molecule has 0 saturated heterocycles.